The smallest absolute Gasteiger partial charge is 0.270 e. The zero-order valence-electron chi connectivity index (χ0n) is 11.4. The van der Waals surface area contributed by atoms with Crippen LogP contribution >= 0.6 is 11.6 Å². The fraction of sp³-hybridized carbons (Fsp3) is 0.600. The van der Waals surface area contributed by atoms with Crippen molar-refractivity contribution >= 4 is 17.5 Å². The normalized spacial score (nSPS) is 24.8. The van der Waals surface area contributed by atoms with Crippen molar-refractivity contribution in [1.29, 1.82) is 0 Å². The number of amides is 1. The summed E-state index contributed by atoms with van der Waals surface area (Å²) < 4.78 is 5.99. The molecule has 1 aliphatic carbocycles. The zero-order valence-corrected chi connectivity index (χ0v) is 12.2. The summed E-state index contributed by atoms with van der Waals surface area (Å²) in [5, 5.41) is 3.55. The first-order valence-electron chi connectivity index (χ1n) is 7.23. The van der Waals surface area contributed by atoms with Crippen LogP contribution in [0, 0.1) is 0 Å². The third kappa shape index (κ3) is 2.96. The molecular weight excluding hydrogens is 276 g/mol. The maximum Gasteiger partial charge on any atom is 0.270 e. The number of carbonyl (C=O) groups excluding carboxylic acids is 1. The van der Waals surface area contributed by atoms with Crippen molar-refractivity contribution in [3.63, 3.8) is 0 Å². The fourth-order valence-electron chi connectivity index (χ4n) is 3.25. The minimum absolute atomic E-state index is 0.0175. The molecule has 1 aromatic heterocycles. The average Bonchev–Trinajstić information content (AvgIpc) is 2.83. The maximum atomic E-state index is 12.1. The first-order chi connectivity index (χ1) is 9.67. The van der Waals surface area contributed by atoms with Gasteiger partial charge in [0.25, 0.3) is 5.91 Å². The van der Waals surface area contributed by atoms with Crippen LogP contribution in [0.4, 0.5) is 0 Å². The molecule has 1 saturated heterocycles. The summed E-state index contributed by atoms with van der Waals surface area (Å²) in [7, 11) is 0. The molecule has 4 nitrogen and oxygen atoms in total. The van der Waals surface area contributed by atoms with E-state index in [0.29, 0.717) is 17.3 Å². The Kier molecular flexibility index (Phi) is 3.94. The van der Waals surface area contributed by atoms with E-state index in [1.807, 2.05) is 0 Å². The molecule has 1 aliphatic heterocycles. The molecular formula is C15H19ClN2O2. The Bertz CT molecular complexity index is 483. The van der Waals surface area contributed by atoms with Crippen molar-refractivity contribution in [1.82, 2.24) is 10.3 Å². The van der Waals surface area contributed by atoms with Crippen LogP contribution in [0.1, 0.15) is 49.0 Å². The predicted molar refractivity (Wildman–Crippen MR) is 76.9 cm³/mol. The van der Waals surface area contributed by atoms with E-state index < -0.39 is 0 Å². The Balaban J connectivity index is 1.59. The van der Waals surface area contributed by atoms with Gasteiger partial charge < -0.3 is 10.1 Å². The van der Waals surface area contributed by atoms with Crippen molar-refractivity contribution in [3.8, 4) is 0 Å². The molecule has 3 rings (SSSR count). The van der Waals surface area contributed by atoms with E-state index in [1.165, 1.54) is 25.5 Å². The van der Waals surface area contributed by atoms with Gasteiger partial charge >= 0.3 is 0 Å². The monoisotopic (exact) mass is 294 g/mol. The number of hydrogen-bond donors (Lipinski definition) is 1. The van der Waals surface area contributed by atoms with Gasteiger partial charge in [-0.05, 0) is 31.4 Å². The number of carbonyl (C=O) groups is 1. The SMILES string of the molecule is O=C(N[C@H]1COC2(CCCCC2)C1)c1ccc(Cl)cn1. The fourth-order valence-corrected chi connectivity index (χ4v) is 3.36. The van der Waals surface area contributed by atoms with E-state index in [9.17, 15) is 4.79 Å². The molecule has 2 heterocycles. The van der Waals surface area contributed by atoms with Crippen molar-refractivity contribution in [2.75, 3.05) is 6.61 Å². The molecule has 0 radical (unpaired) electrons. The lowest BCUT2D eigenvalue weighted by atomic mass is 9.82. The molecule has 1 amide bonds. The van der Waals surface area contributed by atoms with Crippen LogP contribution in [0.5, 0.6) is 0 Å². The standard InChI is InChI=1S/C15H19ClN2O2/c16-11-4-5-13(17-9-11)14(19)18-12-8-15(20-10-12)6-2-1-3-7-15/h4-5,9,12H,1-3,6-8,10H2,(H,18,19)/t12-/m1/s1. The van der Waals surface area contributed by atoms with E-state index in [1.54, 1.807) is 12.1 Å². The summed E-state index contributed by atoms with van der Waals surface area (Å²) in [5.41, 5.74) is 0.419. The molecule has 1 spiro atoms. The maximum absolute atomic E-state index is 12.1. The van der Waals surface area contributed by atoms with E-state index in [-0.39, 0.29) is 17.6 Å². The molecule has 0 unspecified atom stereocenters. The van der Waals surface area contributed by atoms with Crippen LogP contribution < -0.4 is 5.32 Å². The lowest BCUT2D eigenvalue weighted by molar-refractivity contribution is -0.0246. The van der Waals surface area contributed by atoms with Gasteiger partial charge in [-0.1, -0.05) is 30.9 Å². The van der Waals surface area contributed by atoms with E-state index in [0.717, 1.165) is 19.3 Å². The minimum atomic E-state index is -0.150. The first-order valence-corrected chi connectivity index (χ1v) is 7.61. The zero-order chi connectivity index (χ0) is 14.0. The number of hydrogen-bond acceptors (Lipinski definition) is 3. The Morgan fingerprint density at radius 2 is 2.15 bits per heavy atom. The number of aromatic nitrogens is 1. The molecule has 1 aromatic rings. The highest BCUT2D eigenvalue weighted by Crippen LogP contribution is 2.39. The second-order valence-electron chi connectivity index (χ2n) is 5.79. The summed E-state index contributed by atoms with van der Waals surface area (Å²) in [6.45, 7) is 0.610. The van der Waals surface area contributed by atoms with Gasteiger partial charge in [0.1, 0.15) is 5.69 Å². The van der Waals surface area contributed by atoms with E-state index >= 15 is 0 Å². The first kappa shape index (κ1) is 13.8. The van der Waals surface area contributed by atoms with Crippen molar-refractivity contribution in [2.45, 2.75) is 50.2 Å². The van der Waals surface area contributed by atoms with Gasteiger partial charge in [0, 0.05) is 6.20 Å². The van der Waals surface area contributed by atoms with E-state index in [2.05, 4.69) is 10.3 Å². The van der Waals surface area contributed by atoms with Crippen molar-refractivity contribution in [2.24, 2.45) is 0 Å². The summed E-state index contributed by atoms with van der Waals surface area (Å²) >= 11 is 5.77. The molecule has 2 fully saturated rings. The summed E-state index contributed by atoms with van der Waals surface area (Å²) in [5.74, 6) is -0.150. The molecule has 1 atom stereocenters. The highest BCUT2D eigenvalue weighted by atomic mass is 35.5. The highest BCUT2D eigenvalue weighted by molar-refractivity contribution is 6.30. The molecule has 2 aliphatic rings. The third-order valence-corrected chi connectivity index (χ3v) is 4.49. The van der Waals surface area contributed by atoms with Gasteiger partial charge in [-0.15, -0.1) is 0 Å². The van der Waals surface area contributed by atoms with Crippen LogP contribution in [-0.2, 0) is 4.74 Å². The van der Waals surface area contributed by atoms with Gasteiger partial charge in [0.2, 0.25) is 0 Å². The Labute approximate surface area is 123 Å². The van der Waals surface area contributed by atoms with Crippen molar-refractivity contribution in [3.05, 3.63) is 29.0 Å². The lowest BCUT2D eigenvalue weighted by Crippen LogP contribution is -2.37. The Hall–Kier alpha value is -1.13. The topological polar surface area (TPSA) is 51.2 Å². The van der Waals surface area contributed by atoms with Crippen LogP contribution in [0.3, 0.4) is 0 Å². The number of nitrogens with one attached hydrogen (secondary N) is 1. The van der Waals surface area contributed by atoms with Crippen LogP contribution in [0.25, 0.3) is 0 Å². The molecule has 5 heteroatoms. The number of rotatable bonds is 2. The summed E-state index contributed by atoms with van der Waals surface area (Å²) in [6, 6.07) is 3.42. The van der Waals surface area contributed by atoms with Gasteiger partial charge in [-0.3, -0.25) is 4.79 Å². The molecule has 0 aromatic carbocycles. The second-order valence-corrected chi connectivity index (χ2v) is 6.23. The third-order valence-electron chi connectivity index (χ3n) is 4.27. The Morgan fingerprint density at radius 3 is 2.85 bits per heavy atom. The van der Waals surface area contributed by atoms with Gasteiger partial charge in [0.05, 0.1) is 23.3 Å². The number of halogens is 1. The number of pyridine rings is 1. The van der Waals surface area contributed by atoms with Crippen LogP contribution in [0.15, 0.2) is 18.3 Å². The predicted octanol–water partition coefficient (Wildman–Crippen LogP) is 2.96. The number of nitrogens with zero attached hydrogens (tertiary/aromatic N) is 1. The van der Waals surface area contributed by atoms with Gasteiger partial charge in [-0.2, -0.15) is 0 Å². The Morgan fingerprint density at radius 1 is 1.35 bits per heavy atom. The molecule has 108 valence electrons. The van der Waals surface area contributed by atoms with Gasteiger partial charge in [0.15, 0.2) is 0 Å². The lowest BCUT2D eigenvalue weighted by Gasteiger charge is -2.32. The molecule has 20 heavy (non-hydrogen) atoms. The molecule has 0 bridgehead atoms. The van der Waals surface area contributed by atoms with Crippen LogP contribution in [-0.4, -0.2) is 29.1 Å². The summed E-state index contributed by atoms with van der Waals surface area (Å²) in [6.07, 6.45) is 8.43. The number of ether oxygens (including phenoxy) is 1. The second kappa shape index (κ2) is 5.70. The largest absolute Gasteiger partial charge is 0.373 e. The summed E-state index contributed by atoms with van der Waals surface area (Å²) in [4.78, 5) is 16.2. The van der Waals surface area contributed by atoms with E-state index in [4.69, 9.17) is 16.3 Å². The van der Waals surface area contributed by atoms with Crippen molar-refractivity contribution < 1.29 is 9.53 Å². The minimum Gasteiger partial charge on any atom is -0.373 e. The van der Waals surface area contributed by atoms with Gasteiger partial charge in [-0.25, -0.2) is 4.98 Å². The molecule has 1 N–H and O–H groups in total. The van der Waals surface area contributed by atoms with Crippen LogP contribution in [0.2, 0.25) is 5.02 Å². The quantitative estimate of drug-likeness (QED) is 0.912. The highest BCUT2D eigenvalue weighted by Gasteiger charge is 2.41. The molecule has 1 saturated carbocycles. The average molecular weight is 295 g/mol.